The molecule has 0 saturated heterocycles. The fraction of sp³-hybridized carbons (Fsp3) is 0.500. The predicted molar refractivity (Wildman–Crippen MR) is 71.8 cm³/mol. The number of amidine groups is 1. The average Bonchev–Trinajstić information content (AvgIpc) is 2.30. The van der Waals surface area contributed by atoms with Crippen molar-refractivity contribution in [1.29, 1.82) is 0 Å². The molecule has 0 aliphatic heterocycles. The van der Waals surface area contributed by atoms with Crippen molar-refractivity contribution in [2.24, 2.45) is 4.99 Å². The zero-order valence-corrected chi connectivity index (χ0v) is 11.2. The highest BCUT2D eigenvalue weighted by molar-refractivity contribution is 8.13. The summed E-state index contributed by atoms with van der Waals surface area (Å²) in [4.78, 5) is 10.9. The molecule has 0 fully saturated rings. The number of rotatable bonds is 3. The van der Waals surface area contributed by atoms with Gasteiger partial charge in [0.15, 0.2) is 5.17 Å². The van der Waals surface area contributed by atoms with Gasteiger partial charge in [0.25, 0.3) is 0 Å². The molecule has 1 rings (SSSR count). The standard InChI is InChI=1S/C12H19N3S/c1-10(2)15(3)12(16-4)14-9-11-6-5-7-13-8-11/h5-8,10H,9H2,1-4H3. The van der Waals surface area contributed by atoms with Crippen LogP contribution in [0.5, 0.6) is 0 Å². The van der Waals surface area contributed by atoms with Crippen molar-refractivity contribution < 1.29 is 0 Å². The monoisotopic (exact) mass is 237 g/mol. The third-order valence-corrected chi connectivity index (χ3v) is 3.16. The molecule has 1 heterocycles. The first-order valence-electron chi connectivity index (χ1n) is 5.35. The normalized spacial score (nSPS) is 11.9. The van der Waals surface area contributed by atoms with E-state index in [9.17, 15) is 0 Å². The van der Waals surface area contributed by atoms with E-state index in [-0.39, 0.29) is 0 Å². The quantitative estimate of drug-likeness (QED) is 0.597. The minimum Gasteiger partial charge on any atom is -0.352 e. The summed E-state index contributed by atoms with van der Waals surface area (Å²) in [7, 11) is 2.07. The Balaban J connectivity index is 2.67. The molecule has 0 radical (unpaired) electrons. The molecule has 0 spiro atoms. The van der Waals surface area contributed by atoms with E-state index in [2.05, 4.69) is 42.0 Å². The van der Waals surface area contributed by atoms with E-state index in [0.29, 0.717) is 12.6 Å². The van der Waals surface area contributed by atoms with Gasteiger partial charge < -0.3 is 4.90 Å². The lowest BCUT2D eigenvalue weighted by Gasteiger charge is -2.23. The summed E-state index contributed by atoms with van der Waals surface area (Å²) in [5.41, 5.74) is 1.14. The van der Waals surface area contributed by atoms with Crippen molar-refractivity contribution in [3.05, 3.63) is 30.1 Å². The molecule has 1 aromatic rings. The van der Waals surface area contributed by atoms with Crippen LogP contribution in [0.15, 0.2) is 29.5 Å². The van der Waals surface area contributed by atoms with Crippen LogP contribution in [-0.4, -0.2) is 34.4 Å². The largest absolute Gasteiger partial charge is 0.352 e. The average molecular weight is 237 g/mol. The summed E-state index contributed by atoms with van der Waals surface area (Å²) in [6, 6.07) is 4.46. The van der Waals surface area contributed by atoms with E-state index >= 15 is 0 Å². The van der Waals surface area contributed by atoms with Gasteiger partial charge in [0.2, 0.25) is 0 Å². The summed E-state index contributed by atoms with van der Waals surface area (Å²) in [5, 5.41) is 1.07. The molecule has 0 amide bonds. The zero-order valence-electron chi connectivity index (χ0n) is 10.3. The summed E-state index contributed by atoms with van der Waals surface area (Å²) in [6.07, 6.45) is 5.70. The van der Waals surface area contributed by atoms with Crippen LogP contribution < -0.4 is 0 Å². The highest BCUT2D eigenvalue weighted by Gasteiger charge is 2.07. The Morgan fingerprint density at radius 2 is 2.31 bits per heavy atom. The number of nitrogens with zero attached hydrogens (tertiary/aromatic N) is 3. The number of aliphatic imine (C=N–C) groups is 1. The van der Waals surface area contributed by atoms with Crippen LogP contribution in [0.4, 0.5) is 0 Å². The van der Waals surface area contributed by atoms with Gasteiger partial charge in [-0.05, 0) is 31.7 Å². The number of pyridine rings is 1. The SMILES string of the molecule is CSC(=NCc1cccnc1)N(C)C(C)C. The van der Waals surface area contributed by atoms with Crippen LogP contribution in [0.2, 0.25) is 0 Å². The summed E-state index contributed by atoms with van der Waals surface area (Å²) in [6.45, 7) is 5.02. The van der Waals surface area contributed by atoms with Crippen LogP contribution >= 0.6 is 11.8 Å². The fourth-order valence-electron chi connectivity index (χ4n) is 1.19. The lowest BCUT2D eigenvalue weighted by atomic mass is 10.3. The third-order valence-electron chi connectivity index (χ3n) is 2.38. The van der Waals surface area contributed by atoms with Crippen molar-refractivity contribution in [1.82, 2.24) is 9.88 Å². The molecule has 0 aromatic carbocycles. The van der Waals surface area contributed by atoms with Gasteiger partial charge in [-0.2, -0.15) is 0 Å². The second-order valence-electron chi connectivity index (χ2n) is 3.87. The Kier molecular flexibility index (Phi) is 5.32. The predicted octanol–water partition coefficient (Wildman–Crippen LogP) is 2.64. The van der Waals surface area contributed by atoms with E-state index in [1.807, 2.05) is 18.3 Å². The molecule has 0 aliphatic carbocycles. The molecule has 16 heavy (non-hydrogen) atoms. The molecule has 0 N–H and O–H groups in total. The first kappa shape index (κ1) is 13.0. The highest BCUT2D eigenvalue weighted by Crippen LogP contribution is 2.09. The van der Waals surface area contributed by atoms with Crippen LogP contribution in [0.25, 0.3) is 0 Å². The second kappa shape index (κ2) is 6.53. The maximum absolute atomic E-state index is 4.60. The smallest absolute Gasteiger partial charge is 0.159 e. The summed E-state index contributed by atoms with van der Waals surface area (Å²) in [5.74, 6) is 0. The lowest BCUT2D eigenvalue weighted by molar-refractivity contribution is 0.424. The Morgan fingerprint density at radius 3 is 2.81 bits per heavy atom. The number of thioether (sulfide) groups is 1. The zero-order chi connectivity index (χ0) is 12.0. The van der Waals surface area contributed by atoms with Gasteiger partial charge in [-0.25, -0.2) is 0 Å². The van der Waals surface area contributed by atoms with Crippen molar-refractivity contribution in [3.8, 4) is 0 Å². The van der Waals surface area contributed by atoms with Crippen molar-refractivity contribution in [2.45, 2.75) is 26.4 Å². The molecule has 0 aliphatic rings. The Morgan fingerprint density at radius 1 is 1.56 bits per heavy atom. The molecule has 0 bridgehead atoms. The van der Waals surface area contributed by atoms with Crippen LogP contribution in [0, 0.1) is 0 Å². The molecule has 3 nitrogen and oxygen atoms in total. The van der Waals surface area contributed by atoms with Gasteiger partial charge in [0.05, 0.1) is 6.54 Å². The van der Waals surface area contributed by atoms with Crippen LogP contribution in [-0.2, 0) is 6.54 Å². The topological polar surface area (TPSA) is 28.5 Å². The Labute approximate surface area is 102 Å². The first-order valence-corrected chi connectivity index (χ1v) is 6.57. The second-order valence-corrected chi connectivity index (χ2v) is 4.64. The van der Waals surface area contributed by atoms with E-state index in [4.69, 9.17) is 0 Å². The van der Waals surface area contributed by atoms with Crippen molar-refractivity contribution >= 4 is 16.9 Å². The van der Waals surface area contributed by atoms with E-state index in [1.54, 1.807) is 18.0 Å². The van der Waals surface area contributed by atoms with Gasteiger partial charge in [-0.1, -0.05) is 17.8 Å². The summed E-state index contributed by atoms with van der Waals surface area (Å²) >= 11 is 1.68. The van der Waals surface area contributed by atoms with Gasteiger partial charge in [0, 0.05) is 25.5 Å². The van der Waals surface area contributed by atoms with Crippen LogP contribution in [0.1, 0.15) is 19.4 Å². The van der Waals surface area contributed by atoms with Gasteiger partial charge in [-0.15, -0.1) is 0 Å². The van der Waals surface area contributed by atoms with E-state index in [1.165, 1.54) is 0 Å². The molecule has 1 aromatic heterocycles. The molecular formula is C12H19N3S. The van der Waals surface area contributed by atoms with E-state index in [0.717, 1.165) is 10.7 Å². The van der Waals surface area contributed by atoms with Gasteiger partial charge in [-0.3, -0.25) is 9.98 Å². The van der Waals surface area contributed by atoms with Gasteiger partial charge >= 0.3 is 0 Å². The highest BCUT2D eigenvalue weighted by atomic mass is 32.2. The van der Waals surface area contributed by atoms with Gasteiger partial charge in [0.1, 0.15) is 0 Å². The Hall–Kier alpha value is -1.03. The minimum atomic E-state index is 0.472. The fourth-order valence-corrected chi connectivity index (χ4v) is 1.88. The molecule has 88 valence electrons. The van der Waals surface area contributed by atoms with Crippen LogP contribution in [0.3, 0.4) is 0 Å². The third kappa shape index (κ3) is 3.85. The first-order chi connectivity index (χ1) is 7.65. The minimum absolute atomic E-state index is 0.472. The van der Waals surface area contributed by atoms with Crippen molar-refractivity contribution in [3.63, 3.8) is 0 Å². The number of aromatic nitrogens is 1. The number of hydrogen-bond donors (Lipinski definition) is 0. The lowest BCUT2D eigenvalue weighted by Crippen LogP contribution is -2.31. The molecule has 0 saturated carbocycles. The molecule has 0 atom stereocenters. The maximum atomic E-state index is 4.60. The molecule has 0 unspecified atom stereocenters. The molecular weight excluding hydrogens is 218 g/mol. The summed E-state index contributed by atoms with van der Waals surface area (Å²) < 4.78 is 0. The van der Waals surface area contributed by atoms with E-state index < -0.39 is 0 Å². The molecule has 4 heteroatoms. The van der Waals surface area contributed by atoms with Crippen molar-refractivity contribution in [2.75, 3.05) is 13.3 Å². The Bertz CT molecular complexity index is 335. The maximum Gasteiger partial charge on any atom is 0.159 e. The number of hydrogen-bond acceptors (Lipinski definition) is 3.